The SMILES string of the molecule is CCC(C)(C)CNc1cc(N)ccn1. The van der Waals surface area contributed by atoms with E-state index < -0.39 is 0 Å². The van der Waals surface area contributed by atoms with Crippen LogP contribution in [-0.2, 0) is 0 Å². The zero-order chi connectivity index (χ0) is 10.6. The van der Waals surface area contributed by atoms with Crippen LogP contribution in [0.5, 0.6) is 0 Å². The van der Waals surface area contributed by atoms with E-state index in [4.69, 9.17) is 5.73 Å². The van der Waals surface area contributed by atoms with Gasteiger partial charge in [0.05, 0.1) is 0 Å². The zero-order valence-corrected chi connectivity index (χ0v) is 9.17. The van der Waals surface area contributed by atoms with Crippen molar-refractivity contribution in [2.24, 2.45) is 5.41 Å². The van der Waals surface area contributed by atoms with Crippen molar-refractivity contribution in [3.63, 3.8) is 0 Å². The summed E-state index contributed by atoms with van der Waals surface area (Å²) in [5.74, 6) is 0.853. The molecule has 1 rings (SSSR count). The first-order valence-electron chi connectivity index (χ1n) is 4.99. The summed E-state index contributed by atoms with van der Waals surface area (Å²) in [6.07, 6.45) is 2.86. The van der Waals surface area contributed by atoms with Crippen molar-refractivity contribution in [2.75, 3.05) is 17.6 Å². The minimum absolute atomic E-state index is 0.298. The first kappa shape index (κ1) is 10.8. The Morgan fingerprint density at radius 2 is 2.21 bits per heavy atom. The molecule has 78 valence electrons. The molecular formula is C11H19N3. The quantitative estimate of drug-likeness (QED) is 0.772. The number of pyridine rings is 1. The lowest BCUT2D eigenvalue weighted by Gasteiger charge is -2.23. The van der Waals surface area contributed by atoms with Crippen LogP contribution in [0.25, 0.3) is 0 Å². The van der Waals surface area contributed by atoms with Crippen LogP contribution in [0.4, 0.5) is 11.5 Å². The minimum atomic E-state index is 0.298. The number of nitrogen functional groups attached to an aromatic ring is 1. The molecule has 0 amide bonds. The smallest absolute Gasteiger partial charge is 0.127 e. The highest BCUT2D eigenvalue weighted by Gasteiger charge is 2.14. The molecule has 1 aromatic heterocycles. The lowest BCUT2D eigenvalue weighted by Crippen LogP contribution is -2.22. The van der Waals surface area contributed by atoms with Gasteiger partial charge in [-0.1, -0.05) is 20.8 Å². The van der Waals surface area contributed by atoms with Crippen LogP contribution in [0.15, 0.2) is 18.3 Å². The largest absolute Gasteiger partial charge is 0.399 e. The first-order valence-corrected chi connectivity index (χ1v) is 4.99. The maximum absolute atomic E-state index is 5.65. The topological polar surface area (TPSA) is 50.9 Å². The van der Waals surface area contributed by atoms with Crippen LogP contribution < -0.4 is 11.1 Å². The van der Waals surface area contributed by atoms with Crippen molar-refractivity contribution in [1.82, 2.24) is 4.98 Å². The van der Waals surface area contributed by atoms with E-state index >= 15 is 0 Å². The lowest BCUT2D eigenvalue weighted by atomic mass is 9.90. The van der Waals surface area contributed by atoms with Crippen molar-refractivity contribution in [1.29, 1.82) is 0 Å². The molecule has 0 bridgehead atoms. The molecule has 0 saturated heterocycles. The van der Waals surface area contributed by atoms with E-state index in [1.807, 2.05) is 6.07 Å². The molecule has 0 unspecified atom stereocenters. The number of hydrogen-bond acceptors (Lipinski definition) is 3. The summed E-state index contributed by atoms with van der Waals surface area (Å²) in [7, 11) is 0. The highest BCUT2D eigenvalue weighted by Crippen LogP contribution is 2.20. The summed E-state index contributed by atoms with van der Waals surface area (Å²) in [5.41, 5.74) is 6.70. The fourth-order valence-corrected chi connectivity index (χ4v) is 0.998. The van der Waals surface area contributed by atoms with E-state index in [0.29, 0.717) is 5.41 Å². The molecule has 0 fully saturated rings. The summed E-state index contributed by atoms with van der Waals surface area (Å²) >= 11 is 0. The second kappa shape index (κ2) is 4.31. The standard InChI is InChI=1S/C11H19N3/c1-4-11(2,3)8-14-10-7-9(12)5-6-13-10/h5-7H,4,8H2,1-3H3,(H3,12,13,14). The van der Waals surface area contributed by atoms with Gasteiger partial charge in [-0.15, -0.1) is 0 Å². The number of hydrogen-bond donors (Lipinski definition) is 2. The van der Waals surface area contributed by atoms with Gasteiger partial charge in [0.2, 0.25) is 0 Å². The second-order valence-corrected chi connectivity index (χ2v) is 4.35. The Morgan fingerprint density at radius 1 is 1.50 bits per heavy atom. The molecular weight excluding hydrogens is 174 g/mol. The summed E-state index contributed by atoms with van der Waals surface area (Å²) in [5, 5.41) is 3.29. The van der Waals surface area contributed by atoms with E-state index in [1.165, 1.54) is 0 Å². The summed E-state index contributed by atoms with van der Waals surface area (Å²) in [6, 6.07) is 3.64. The van der Waals surface area contributed by atoms with Crippen LogP contribution in [-0.4, -0.2) is 11.5 Å². The maximum Gasteiger partial charge on any atom is 0.127 e. The van der Waals surface area contributed by atoms with Crippen LogP contribution >= 0.6 is 0 Å². The molecule has 0 atom stereocenters. The molecule has 0 saturated carbocycles. The average Bonchev–Trinajstić information content (AvgIpc) is 2.15. The number of nitrogens with one attached hydrogen (secondary N) is 1. The Morgan fingerprint density at radius 3 is 2.79 bits per heavy atom. The molecule has 1 aromatic rings. The third-order valence-electron chi connectivity index (χ3n) is 2.49. The summed E-state index contributed by atoms with van der Waals surface area (Å²) < 4.78 is 0. The van der Waals surface area contributed by atoms with Gasteiger partial charge in [-0.05, 0) is 17.9 Å². The average molecular weight is 193 g/mol. The third-order valence-corrected chi connectivity index (χ3v) is 2.49. The van der Waals surface area contributed by atoms with Crippen LogP contribution in [0.3, 0.4) is 0 Å². The predicted molar refractivity (Wildman–Crippen MR) is 61.2 cm³/mol. The van der Waals surface area contributed by atoms with Crippen LogP contribution in [0.2, 0.25) is 0 Å². The van der Waals surface area contributed by atoms with Gasteiger partial charge < -0.3 is 11.1 Å². The Hall–Kier alpha value is -1.25. The van der Waals surface area contributed by atoms with Gasteiger partial charge in [0.15, 0.2) is 0 Å². The predicted octanol–water partition coefficient (Wildman–Crippen LogP) is 2.51. The van der Waals surface area contributed by atoms with Crippen molar-refractivity contribution >= 4 is 11.5 Å². The lowest BCUT2D eigenvalue weighted by molar-refractivity contribution is 0.376. The highest BCUT2D eigenvalue weighted by molar-refractivity contribution is 5.48. The molecule has 14 heavy (non-hydrogen) atoms. The number of anilines is 2. The van der Waals surface area contributed by atoms with E-state index in [2.05, 4.69) is 31.1 Å². The number of nitrogens with two attached hydrogens (primary N) is 1. The van der Waals surface area contributed by atoms with E-state index in [-0.39, 0.29) is 0 Å². The Kier molecular flexibility index (Phi) is 3.33. The van der Waals surface area contributed by atoms with E-state index in [1.54, 1.807) is 12.3 Å². The van der Waals surface area contributed by atoms with Gasteiger partial charge in [-0.25, -0.2) is 4.98 Å². The molecule has 3 nitrogen and oxygen atoms in total. The Bertz CT molecular complexity index is 294. The summed E-state index contributed by atoms with van der Waals surface area (Å²) in [4.78, 5) is 4.19. The number of aromatic nitrogens is 1. The molecule has 0 aromatic carbocycles. The van der Waals surface area contributed by atoms with Gasteiger partial charge >= 0.3 is 0 Å². The first-order chi connectivity index (χ1) is 6.53. The second-order valence-electron chi connectivity index (χ2n) is 4.35. The zero-order valence-electron chi connectivity index (χ0n) is 9.17. The number of rotatable bonds is 4. The van der Waals surface area contributed by atoms with E-state index in [9.17, 15) is 0 Å². The van der Waals surface area contributed by atoms with Gasteiger partial charge in [-0.2, -0.15) is 0 Å². The molecule has 0 radical (unpaired) electrons. The normalized spacial score (nSPS) is 11.4. The molecule has 0 aliphatic rings. The van der Waals surface area contributed by atoms with Gasteiger partial charge in [0.1, 0.15) is 5.82 Å². The fraction of sp³-hybridized carbons (Fsp3) is 0.545. The third kappa shape index (κ3) is 3.24. The molecule has 1 heterocycles. The van der Waals surface area contributed by atoms with Crippen molar-refractivity contribution in [2.45, 2.75) is 27.2 Å². The van der Waals surface area contributed by atoms with Crippen molar-refractivity contribution in [3.05, 3.63) is 18.3 Å². The van der Waals surface area contributed by atoms with Gasteiger partial charge in [0, 0.05) is 24.5 Å². The molecule has 0 aliphatic heterocycles. The monoisotopic (exact) mass is 193 g/mol. The number of nitrogens with zero attached hydrogens (tertiary/aromatic N) is 1. The molecule has 3 heteroatoms. The van der Waals surface area contributed by atoms with Gasteiger partial charge in [0.25, 0.3) is 0 Å². The van der Waals surface area contributed by atoms with E-state index in [0.717, 1.165) is 24.5 Å². The molecule has 0 aliphatic carbocycles. The van der Waals surface area contributed by atoms with Crippen LogP contribution in [0.1, 0.15) is 27.2 Å². The fourth-order valence-electron chi connectivity index (χ4n) is 0.998. The molecule has 0 spiro atoms. The Labute approximate surface area is 85.7 Å². The Balaban J connectivity index is 2.54. The molecule has 3 N–H and O–H groups in total. The van der Waals surface area contributed by atoms with Crippen molar-refractivity contribution in [3.8, 4) is 0 Å². The highest BCUT2D eigenvalue weighted by atomic mass is 15.0. The maximum atomic E-state index is 5.65. The summed E-state index contributed by atoms with van der Waals surface area (Å²) in [6.45, 7) is 7.56. The van der Waals surface area contributed by atoms with Gasteiger partial charge in [-0.3, -0.25) is 0 Å². The minimum Gasteiger partial charge on any atom is -0.399 e. The van der Waals surface area contributed by atoms with Crippen LogP contribution in [0, 0.1) is 5.41 Å². The van der Waals surface area contributed by atoms with Crippen molar-refractivity contribution < 1.29 is 0 Å².